The van der Waals surface area contributed by atoms with Crippen LogP contribution >= 0.6 is 0 Å². The van der Waals surface area contributed by atoms with Crippen molar-refractivity contribution < 1.29 is 19.0 Å². The Morgan fingerprint density at radius 1 is 1.69 bits per heavy atom. The number of aromatic nitrogens is 1. The molecule has 5 nitrogen and oxygen atoms in total. The van der Waals surface area contributed by atoms with Crippen LogP contribution in [0.15, 0.2) is 6.07 Å². The number of ether oxygens (including phenoxy) is 1. The molecule has 0 atom stereocenters. The first kappa shape index (κ1) is 12.2. The Labute approximate surface area is 92.3 Å². The predicted molar refractivity (Wildman–Crippen MR) is 56.0 cm³/mol. The van der Waals surface area contributed by atoms with Crippen molar-refractivity contribution >= 4 is 11.8 Å². The van der Waals surface area contributed by atoms with Gasteiger partial charge in [-0.05, 0) is 12.5 Å². The van der Waals surface area contributed by atoms with Gasteiger partial charge in [0.2, 0.25) is 5.88 Å². The molecule has 0 fully saturated rings. The maximum absolute atomic E-state index is 13.0. The summed E-state index contributed by atoms with van der Waals surface area (Å²) in [6, 6.07) is 0.895. The molecule has 2 N–H and O–H groups in total. The minimum atomic E-state index is -0.956. The van der Waals surface area contributed by atoms with Gasteiger partial charge in [0.05, 0.1) is 7.11 Å². The molecule has 88 valence electrons. The molecular formula is C10H13FN2O3. The van der Waals surface area contributed by atoms with Crippen LogP contribution in [0.2, 0.25) is 0 Å². The number of aromatic hydroxyl groups is 1. The number of esters is 1. The fourth-order valence-corrected chi connectivity index (χ4v) is 1.12. The van der Waals surface area contributed by atoms with Crippen molar-refractivity contribution in [2.75, 3.05) is 19.0 Å². The number of methoxy groups -OCH3 is 1. The number of nitrogens with zero attached hydrogens (tertiary/aromatic N) is 1. The maximum atomic E-state index is 13.0. The van der Waals surface area contributed by atoms with Crippen molar-refractivity contribution in [3.05, 3.63) is 17.4 Å². The summed E-state index contributed by atoms with van der Waals surface area (Å²) in [6.07, 6.45) is 0.806. The summed E-state index contributed by atoms with van der Waals surface area (Å²) in [6.45, 7) is 2.48. The van der Waals surface area contributed by atoms with Gasteiger partial charge in [0.25, 0.3) is 0 Å². The number of pyridine rings is 1. The molecule has 1 aromatic rings. The van der Waals surface area contributed by atoms with Gasteiger partial charge in [-0.15, -0.1) is 0 Å². The maximum Gasteiger partial charge on any atom is 0.341 e. The van der Waals surface area contributed by atoms with Crippen molar-refractivity contribution in [2.45, 2.75) is 13.3 Å². The molecule has 0 unspecified atom stereocenters. The fourth-order valence-electron chi connectivity index (χ4n) is 1.12. The van der Waals surface area contributed by atoms with Crippen molar-refractivity contribution in [2.24, 2.45) is 0 Å². The molecule has 0 aliphatic carbocycles. The quantitative estimate of drug-likeness (QED) is 0.765. The Morgan fingerprint density at radius 2 is 2.38 bits per heavy atom. The van der Waals surface area contributed by atoms with E-state index in [2.05, 4.69) is 15.0 Å². The Kier molecular flexibility index (Phi) is 4.04. The van der Waals surface area contributed by atoms with Crippen LogP contribution in [0, 0.1) is 5.82 Å². The van der Waals surface area contributed by atoms with Gasteiger partial charge in [0.15, 0.2) is 5.82 Å². The van der Waals surface area contributed by atoms with E-state index in [4.69, 9.17) is 5.11 Å². The number of carbonyl (C=O) groups excluding carboxylic acids is 1. The third-order valence-electron chi connectivity index (χ3n) is 1.91. The highest BCUT2D eigenvalue weighted by Crippen LogP contribution is 2.21. The second-order valence-corrected chi connectivity index (χ2v) is 3.11. The van der Waals surface area contributed by atoms with Gasteiger partial charge in [0.1, 0.15) is 11.4 Å². The molecule has 0 bridgehead atoms. The SMILES string of the molecule is CCCNc1nc(O)c(F)cc1C(=O)OC. The zero-order valence-corrected chi connectivity index (χ0v) is 9.08. The van der Waals surface area contributed by atoms with Gasteiger partial charge in [0, 0.05) is 6.54 Å². The Bertz CT molecular complexity index is 396. The van der Waals surface area contributed by atoms with Crippen LogP contribution in [-0.2, 0) is 4.74 Å². The minimum Gasteiger partial charge on any atom is -0.491 e. The van der Waals surface area contributed by atoms with E-state index in [-0.39, 0.29) is 11.4 Å². The minimum absolute atomic E-state index is 0.0359. The molecule has 1 aromatic heterocycles. The van der Waals surface area contributed by atoms with Crippen LogP contribution in [0.1, 0.15) is 23.7 Å². The highest BCUT2D eigenvalue weighted by Gasteiger charge is 2.17. The first-order valence-corrected chi connectivity index (χ1v) is 4.81. The van der Waals surface area contributed by atoms with E-state index in [0.717, 1.165) is 12.5 Å². The summed E-state index contributed by atoms with van der Waals surface area (Å²) < 4.78 is 17.5. The van der Waals surface area contributed by atoms with Crippen LogP contribution in [0.5, 0.6) is 5.88 Å². The van der Waals surface area contributed by atoms with Crippen molar-refractivity contribution in [3.8, 4) is 5.88 Å². The van der Waals surface area contributed by atoms with E-state index in [0.29, 0.717) is 6.54 Å². The van der Waals surface area contributed by atoms with Crippen LogP contribution in [0.3, 0.4) is 0 Å². The molecule has 1 heterocycles. The summed E-state index contributed by atoms with van der Waals surface area (Å²) >= 11 is 0. The smallest absolute Gasteiger partial charge is 0.341 e. The lowest BCUT2D eigenvalue weighted by Gasteiger charge is -2.09. The van der Waals surface area contributed by atoms with Crippen LogP contribution in [-0.4, -0.2) is 29.7 Å². The predicted octanol–water partition coefficient (Wildman–Crippen LogP) is 1.53. The van der Waals surface area contributed by atoms with E-state index in [1.807, 2.05) is 6.92 Å². The molecule has 0 saturated heterocycles. The van der Waals surface area contributed by atoms with E-state index in [1.54, 1.807) is 0 Å². The Hall–Kier alpha value is -1.85. The number of hydrogen-bond acceptors (Lipinski definition) is 5. The summed E-state index contributed by atoms with van der Waals surface area (Å²) in [5.41, 5.74) is -0.0359. The summed E-state index contributed by atoms with van der Waals surface area (Å²) in [7, 11) is 1.19. The molecule has 0 aliphatic rings. The normalized spacial score (nSPS) is 9.94. The standard InChI is InChI=1S/C10H13FN2O3/c1-3-4-12-8-6(10(15)16-2)5-7(11)9(14)13-8/h5H,3-4H2,1-2H3,(H2,12,13,14). The number of nitrogens with one attached hydrogen (secondary N) is 1. The van der Waals surface area contributed by atoms with Gasteiger partial charge in [-0.3, -0.25) is 0 Å². The molecule has 1 rings (SSSR count). The van der Waals surface area contributed by atoms with E-state index >= 15 is 0 Å². The van der Waals surface area contributed by atoms with Crippen LogP contribution < -0.4 is 5.32 Å². The topological polar surface area (TPSA) is 71.5 Å². The van der Waals surface area contributed by atoms with Crippen molar-refractivity contribution in [1.29, 1.82) is 0 Å². The van der Waals surface area contributed by atoms with E-state index < -0.39 is 17.7 Å². The van der Waals surface area contributed by atoms with E-state index in [9.17, 15) is 9.18 Å². The number of carbonyl (C=O) groups is 1. The molecule has 0 spiro atoms. The largest absolute Gasteiger partial charge is 0.491 e. The lowest BCUT2D eigenvalue weighted by molar-refractivity contribution is 0.0601. The Balaban J connectivity index is 3.11. The van der Waals surface area contributed by atoms with Gasteiger partial charge in [-0.2, -0.15) is 4.98 Å². The summed E-state index contributed by atoms with van der Waals surface area (Å²) in [5, 5.41) is 11.9. The van der Waals surface area contributed by atoms with Crippen molar-refractivity contribution in [1.82, 2.24) is 4.98 Å². The molecule has 6 heteroatoms. The third kappa shape index (κ3) is 2.59. The zero-order chi connectivity index (χ0) is 12.1. The second-order valence-electron chi connectivity index (χ2n) is 3.11. The molecule has 0 amide bonds. The number of halogens is 1. The second kappa shape index (κ2) is 5.29. The first-order valence-electron chi connectivity index (χ1n) is 4.81. The lowest BCUT2D eigenvalue weighted by atomic mass is 10.2. The molecule has 0 saturated carbocycles. The molecule has 0 radical (unpaired) electrons. The average molecular weight is 228 g/mol. The first-order chi connectivity index (χ1) is 7.60. The van der Waals surface area contributed by atoms with Gasteiger partial charge in [-0.25, -0.2) is 9.18 Å². The summed E-state index contributed by atoms with van der Waals surface area (Å²) in [5.74, 6) is -2.29. The highest BCUT2D eigenvalue weighted by atomic mass is 19.1. The van der Waals surface area contributed by atoms with E-state index in [1.165, 1.54) is 7.11 Å². The molecular weight excluding hydrogens is 215 g/mol. The average Bonchev–Trinajstić information content (AvgIpc) is 2.29. The van der Waals surface area contributed by atoms with Gasteiger partial charge in [-0.1, -0.05) is 6.92 Å². The van der Waals surface area contributed by atoms with Crippen LogP contribution in [0.25, 0.3) is 0 Å². The number of hydrogen-bond donors (Lipinski definition) is 2. The summed E-state index contributed by atoms with van der Waals surface area (Å²) in [4.78, 5) is 14.9. The highest BCUT2D eigenvalue weighted by molar-refractivity contribution is 5.94. The number of anilines is 1. The fraction of sp³-hybridized carbons (Fsp3) is 0.400. The van der Waals surface area contributed by atoms with Crippen LogP contribution in [0.4, 0.5) is 10.2 Å². The molecule has 0 aromatic carbocycles. The zero-order valence-electron chi connectivity index (χ0n) is 9.08. The third-order valence-corrected chi connectivity index (χ3v) is 1.91. The Morgan fingerprint density at radius 3 is 2.94 bits per heavy atom. The molecule has 0 aliphatic heterocycles. The van der Waals surface area contributed by atoms with Gasteiger partial charge >= 0.3 is 5.97 Å². The monoisotopic (exact) mass is 228 g/mol. The lowest BCUT2D eigenvalue weighted by Crippen LogP contribution is -2.11. The van der Waals surface area contributed by atoms with Gasteiger partial charge < -0.3 is 15.2 Å². The molecule has 16 heavy (non-hydrogen) atoms. The van der Waals surface area contributed by atoms with Crippen molar-refractivity contribution in [3.63, 3.8) is 0 Å². The number of rotatable bonds is 4.